The Morgan fingerprint density at radius 1 is 1.56 bits per heavy atom. The first-order valence-corrected chi connectivity index (χ1v) is 7.41. The third-order valence-corrected chi connectivity index (χ3v) is 4.05. The van der Waals surface area contributed by atoms with Crippen LogP contribution in [0.4, 0.5) is 5.13 Å². The lowest BCUT2D eigenvalue weighted by atomic mass is 10.2. The third-order valence-electron chi connectivity index (χ3n) is 3.26. The number of nitrogens with zero attached hydrogens (tertiary/aromatic N) is 3. The van der Waals surface area contributed by atoms with Gasteiger partial charge in [0.25, 0.3) is 0 Å². The molecule has 6 heteroatoms. The van der Waals surface area contributed by atoms with E-state index in [1.165, 1.54) is 24.4 Å². The third kappa shape index (κ3) is 3.40. The highest BCUT2D eigenvalue weighted by Gasteiger charge is 2.26. The van der Waals surface area contributed by atoms with E-state index < -0.39 is 0 Å². The number of rotatable bonds is 7. The van der Waals surface area contributed by atoms with Crippen LogP contribution in [0, 0.1) is 0 Å². The smallest absolute Gasteiger partial charge is 0.205 e. The minimum Gasteiger partial charge on any atom is -0.383 e. The number of methoxy groups -OCH3 is 1. The Kier molecular flexibility index (Phi) is 5.34. The molecule has 1 fully saturated rings. The van der Waals surface area contributed by atoms with Crippen molar-refractivity contribution in [3.63, 3.8) is 0 Å². The van der Waals surface area contributed by atoms with E-state index in [2.05, 4.69) is 26.5 Å². The molecule has 0 amide bonds. The summed E-state index contributed by atoms with van der Waals surface area (Å²) >= 11 is 1.53. The molecule has 18 heavy (non-hydrogen) atoms. The van der Waals surface area contributed by atoms with Crippen molar-refractivity contribution in [3.05, 3.63) is 5.82 Å². The SMILES string of the molecule is CCc1nsc(N2CCCC2CNCCOC)n1. The Balaban J connectivity index is 1.86. The molecule has 2 heterocycles. The highest BCUT2D eigenvalue weighted by Crippen LogP contribution is 2.26. The fraction of sp³-hybridized carbons (Fsp3) is 0.833. The van der Waals surface area contributed by atoms with Gasteiger partial charge in [-0.2, -0.15) is 4.37 Å². The molecule has 0 aliphatic carbocycles. The zero-order valence-electron chi connectivity index (χ0n) is 11.2. The Labute approximate surface area is 113 Å². The van der Waals surface area contributed by atoms with E-state index in [4.69, 9.17) is 4.74 Å². The summed E-state index contributed by atoms with van der Waals surface area (Å²) in [5, 5.41) is 4.52. The summed E-state index contributed by atoms with van der Waals surface area (Å²) in [4.78, 5) is 6.99. The molecule has 1 saturated heterocycles. The normalized spacial score (nSPS) is 19.7. The fourth-order valence-electron chi connectivity index (χ4n) is 2.25. The molecule has 0 bridgehead atoms. The van der Waals surface area contributed by atoms with Gasteiger partial charge in [-0.3, -0.25) is 0 Å². The summed E-state index contributed by atoms with van der Waals surface area (Å²) in [5.74, 6) is 0.966. The lowest BCUT2D eigenvalue weighted by molar-refractivity contribution is 0.199. The maximum Gasteiger partial charge on any atom is 0.205 e. The van der Waals surface area contributed by atoms with Crippen LogP contribution in [0.1, 0.15) is 25.6 Å². The van der Waals surface area contributed by atoms with Crippen LogP contribution >= 0.6 is 11.5 Å². The van der Waals surface area contributed by atoms with E-state index in [1.54, 1.807) is 7.11 Å². The van der Waals surface area contributed by atoms with Gasteiger partial charge in [0.15, 0.2) is 0 Å². The Hall–Kier alpha value is -0.720. The number of ether oxygens (including phenoxy) is 1. The van der Waals surface area contributed by atoms with Crippen LogP contribution in [-0.4, -0.2) is 48.8 Å². The Bertz CT molecular complexity index is 358. The summed E-state index contributed by atoms with van der Waals surface area (Å²) in [6, 6.07) is 0.555. The second kappa shape index (κ2) is 7.01. The summed E-state index contributed by atoms with van der Waals surface area (Å²) in [6.07, 6.45) is 3.40. The maximum absolute atomic E-state index is 5.04. The molecule has 102 valence electrons. The second-order valence-electron chi connectivity index (χ2n) is 4.53. The number of aryl methyl sites for hydroxylation is 1. The molecule has 1 aromatic rings. The molecular formula is C12H22N4OS. The van der Waals surface area contributed by atoms with E-state index in [0.717, 1.165) is 43.6 Å². The summed E-state index contributed by atoms with van der Waals surface area (Å²) in [7, 11) is 1.73. The van der Waals surface area contributed by atoms with Crippen LogP contribution in [0.3, 0.4) is 0 Å². The maximum atomic E-state index is 5.04. The zero-order valence-corrected chi connectivity index (χ0v) is 12.0. The van der Waals surface area contributed by atoms with Crippen molar-refractivity contribution in [3.8, 4) is 0 Å². The van der Waals surface area contributed by atoms with Crippen molar-refractivity contribution in [2.45, 2.75) is 32.2 Å². The van der Waals surface area contributed by atoms with Crippen molar-refractivity contribution in [2.75, 3.05) is 38.3 Å². The number of hydrogen-bond donors (Lipinski definition) is 1. The van der Waals surface area contributed by atoms with Crippen molar-refractivity contribution >= 4 is 16.7 Å². The largest absolute Gasteiger partial charge is 0.383 e. The predicted molar refractivity (Wildman–Crippen MR) is 74.4 cm³/mol. The molecule has 0 saturated carbocycles. The predicted octanol–water partition coefficient (Wildman–Crippen LogP) is 1.31. The molecule has 1 N–H and O–H groups in total. The van der Waals surface area contributed by atoms with Gasteiger partial charge in [-0.1, -0.05) is 6.92 Å². The summed E-state index contributed by atoms with van der Waals surface area (Å²) in [5.41, 5.74) is 0. The molecule has 1 aliphatic heterocycles. The van der Waals surface area contributed by atoms with Gasteiger partial charge in [0.05, 0.1) is 6.61 Å². The van der Waals surface area contributed by atoms with E-state index in [0.29, 0.717) is 6.04 Å². The van der Waals surface area contributed by atoms with Crippen LogP contribution < -0.4 is 10.2 Å². The highest BCUT2D eigenvalue weighted by molar-refractivity contribution is 7.09. The molecule has 5 nitrogen and oxygen atoms in total. The lowest BCUT2D eigenvalue weighted by Gasteiger charge is -2.23. The van der Waals surface area contributed by atoms with Gasteiger partial charge < -0.3 is 15.0 Å². The Morgan fingerprint density at radius 3 is 3.17 bits per heavy atom. The van der Waals surface area contributed by atoms with Crippen LogP contribution in [-0.2, 0) is 11.2 Å². The molecule has 0 spiro atoms. The van der Waals surface area contributed by atoms with Crippen molar-refractivity contribution in [1.82, 2.24) is 14.7 Å². The first kappa shape index (κ1) is 13.7. The number of aromatic nitrogens is 2. The van der Waals surface area contributed by atoms with Gasteiger partial charge in [0.2, 0.25) is 5.13 Å². The minimum absolute atomic E-state index is 0.555. The van der Waals surface area contributed by atoms with E-state index in [9.17, 15) is 0 Å². The van der Waals surface area contributed by atoms with Crippen molar-refractivity contribution in [2.24, 2.45) is 0 Å². The molecule has 0 aromatic carbocycles. The van der Waals surface area contributed by atoms with Crippen LogP contribution in [0.15, 0.2) is 0 Å². The topological polar surface area (TPSA) is 50.3 Å². The average molecular weight is 270 g/mol. The molecular weight excluding hydrogens is 248 g/mol. The second-order valence-corrected chi connectivity index (χ2v) is 5.26. The van der Waals surface area contributed by atoms with Crippen LogP contribution in [0.25, 0.3) is 0 Å². The molecule has 1 aromatic heterocycles. The molecule has 1 atom stereocenters. The van der Waals surface area contributed by atoms with E-state index in [-0.39, 0.29) is 0 Å². The summed E-state index contributed by atoms with van der Waals surface area (Å²) in [6.45, 7) is 5.89. The van der Waals surface area contributed by atoms with Crippen LogP contribution in [0.5, 0.6) is 0 Å². The lowest BCUT2D eigenvalue weighted by Crippen LogP contribution is -2.38. The molecule has 1 unspecified atom stereocenters. The van der Waals surface area contributed by atoms with Gasteiger partial charge >= 0.3 is 0 Å². The molecule has 0 radical (unpaired) electrons. The number of anilines is 1. The first-order valence-electron chi connectivity index (χ1n) is 6.64. The van der Waals surface area contributed by atoms with E-state index >= 15 is 0 Å². The van der Waals surface area contributed by atoms with Crippen molar-refractivity contribution < 1.29 is 4.74 Å². The minimum atomic E-state index is 0.555. The number of nitrogens with one attached hydrogen (secondary N) is 1. The standard InChI is InChI=1S/C12H22N4OS/c1-3-11-14-12(18-15-11)16-7-4-5-10(16)9-13-6-8-17-2/h10,13H,3-9H2,1-2H3. The van der Waals surface area contributed by atoms with Gasteiger partial charge in [-0.25, -0.2) is 4.98 Å². The average Bonchev–Trinajstić information content (AvgIpc) is 3.02. The zero-order chi connectivity index (χ0) is 12.8. The van der Waals surface area contributed by atoms with Gasteiger partial charge in [0.1, 0.15) is 5.82 Å². The molecule has 1 aliphatic rings. The Morgan fingerprint density at radius 2 is 2.44 bits per heavy atom. The summed E-state index contributed by atoms with van der Waals surface area (Å²) < 4.78 is 9.41. The monoisotopic (exact) mass is 270 g/mol. The number of hydrogen-bond acceptors (Lipinski definition) is 6. The van der Waals surface area contributed by atoms with Crippen LogP contribution in [0.2, 0.25) is 0 Å². The van der Waals surface area contributed by atoms with Gasteiger partial charge in [-0.05, 0) is 12.8 Å². The quantitative estimate of drug-likeness (QED) is 0.757. The highest BCUT2D eigenvalue weighted by atomic mass is 32.1. The van der Waals surface area contributed by atoms with E-state index in [1.807, 2.05) is 0 Å². The fourth-order valence-corrected chi connectivity index (χ4v) is 3.10. The molecule has 2 rings (SSSR count). The van der Waals surface area contributed by atoms with Crippen molar-refractivity contribution in [1.29, 1.82) is 0 Å². The first-order chi connectivity index (χ1) is 8.85. The van der Waals surface area contributed by atoms with Gasteiger partial charge in [0, 0.05) is 50.7 Å². The van der Waals surface area contributed by atoms with Gasteiger partial charge in [-0.15, -0.1) is 0 Å².